The Hall–Kier alpha value is -4.66. The Morgan fingerprint density at radius 3 is 2.30 bits per heavy atom. The van der Waals surface area contributed by atoms with E-state index in [1.54, 1.807) is 48.5 Å². The highest BCUT2D eigenvalue weighted by atomic mass is 16.7. The van der Waals surface area contributed by atoms with Gasteiger partial charge in [0.05, 0.1) is 25.8 Å². The molecule has 2 heterocycles. The predicted octanol–water partition coefficient (Wildman–Crippen LogP) is 4.12. The van der Waals surface area contributed by atoms with Crippen molar-refractivity contribution >= 4 is 28.8 Å². The van der Waals surface area contributed by atoms with Crippen LogP contribution < -0.4 is 28.7 Å². The van der Waals surface area contributed by atoms with Crippen molar-refractivity contribution in [3.63, 3.8) is 0 Å². The third kappa shape index (κ3) is 4.08. The molecule has 190 valence electrons. The van der Waals surface area contributed by atoms with Crippen LogP contribution in [0.2, 0.25) is 0 Å². The van der Waals surface area contributed by atoms with Crippen LogP contribution in [0.4, 0.5) is 11.4 Å². The zero-order valence-electron chi connectivity index (χ0n) is 20.8. The van der Waals surface area contributed by atoms with Gasteiger partial charge in [0.1, 0.15) is 5.76 Å². The Balaban J connectivity index is 1.70. The lowest BCUT2D eigenvalue weighted by atomic mass is 9.94. The minimum absolute atomic E-state index is 0.0484. The number of nitrogens with zero attached hydrogens (tertiary/aromatic N) is 2. The zero-order valence-corrected chi connectivity index (χ0v) is 20.8. The van der Waals surface area contributed by atoms with E-state index in [2.05, 4.69) is 0 Å². The molecule has 37 heavy (non-hydrogen) atoms. The lowest BCUT2D eigenvalue weighted by Crippen LogP contribution is -2.29. The molecular formula is C28H26N2O7. The number of rotatable bonds is 6. The van der Waals surface area contributed by atoms with Crippen LogP contribution >= 0.6 is 0 Å². The molecule has 9 heteroatoms. The number of Topliss-reactive ketones (excluding diaryl/α,β-unsaturated/α-hetero) is 1. The van der Waals surface area contributed by atoms with E-state index < -0.39 is 17.7 Å². The molecule has 9 nitrogen and oxygen atoms in total. The summed E-state index contributed by atoms with van der Waals surface area (Å²) in [5.74, 6) is 0.0377. The summed E-state index contributed by atoms with van der Waals surface area (Å²) >= 11 is 0. The molecule has 0 bridgehead atoms. The van der Waals surface area contributed by atoms with Crippen LogP contribution in [0.15, 0.2) is 66.2 Å². The van der Waals surface area contributed by atoms with Gasteiger partial charge in [0.2, 0.25) is 6.79 Å². The van der Waals surface area contributed by atoms with Crippen LogP contribution in [0, 0.1) is 0 Å². The van der Waals surface area contributed by atoms with Crippen molar-refractivity contribution in [1.29, 1.82) is 0 Å². The Labute approximate surface area is 214 Å². The number of ketones is 1. The molecule has 0 radical (unpaired) electrons. The number of hydrogen-bond acceptors (Lipinski definition) is 8. The minimum atomic E-state index is -0.921. The maximum atomic E-state index is 13.4. The summed E-state index contributed by atoms with van der Waals surface area (Å²) in [6.07, 6.45) is 0. The van der Waals surface area contributed by atoms with Gasteiger partial charge < -0.3 is 29.0 Å². The number of hydrogen-bond donors (Lipinski definition) is 1. The summed E-state index contributed by atoms with van der Waals surface area (Å²) in [4.78, 5) is 30.2. The van der Waals surface area contributed by atoms with Crippen LogP contribution in [0.1, 0.15) is 17.2 Å². The third-order valence-electron chi connectivity index (χ3n) is 6.46. The minimum Gasteiger partial charge on any atom is -0.507 e. The van der Waals surface area contributed by atoms with Gasteiger partial charge in [-0.05, 0) is 60.2 Å². The van der Waals surface area contributed by atoms with Crippen molar-refractivity contribution in [3.05, 3.63) is 77.4 Å². The van der Waals surface area contributed by atoms with Gasteiger partial charge in [-0.2, -0.15) is 0 Å². The molecule has 1 amide bonds. The second-order valence-corrected chi connectivity index (χ2v) is 8.76. The topological polar surface area (TPSA) is 97.8 Å². The molecule has 3 aromatic rings. The van der Waals surface area contributed by atoms with Crippen molar-refractivity contribution in [2.75, 3.05) is 44.9 Å². The van der Waals surface area contributed by atoms with E-state index in [9.17, 15) is 14.7 Å². The monoisotopic (exact) mass is 502 g/mol. The van der Waals surface area contributed by atoms with Crippen molar-refractivity contribution < 1.29 is 33.6 Å². The van der Waals surface area contributed by atoms with Crippen LogP contribution in [0.25, 0.3) is 5.76 Å². The highest BCUT2D eigenvalue weighted by molar-refractivity contribution is 6.51. The number of aliphatic hydroxyl groups excluding tert-OH is 1. The van der Waals surface area contributed by atoms with Crippen LogP contribution in [0.3, 0.4) is 0 Å². The zero-order chi connectivity index (χ0) is 26.3. The van der Waals surface area contributed by atoms with E-state index >= 15 is 0 Å². The molecule has 1 N–H and O–H groups in total. The lowest BCUT2D eigenvalue weighted by Gasteiger charge is -2.26. The summed E-state index contributed by atoms with van der Waals surface area (Å²) < 4.78 is 21.6. The van der Waals surface area contributed by atoms with Crippen molar-refractivity contribution in [2.24, 2.45) is 0 Å². The van der Waals surface area contributed by atoms with E-state index in [0.29, 0.717) is 39.8 Å². The molecular weight excluding hydrogens is 476 g/mol. The first-order valence-corrected chi connectivity index (χ1v) is 11.5. The molecule has 2 aliphatic heterocycles. The summed E-state index contributed by atoms with van der Waals surface area (Å²) in [6, 6.07) is 16.3. The third-order valence-corrected chi connectivity index (χ3v) is 6.46. The van der Waals surface area contributed by atoms with Gasteiger partial charge in [0.15, 0.2) is 23.0 Å². The summed E-state index contributed by atoms with van der Waals surface area (Å²) in [5.41, 5.74) is 2.29. The normalized spacial score (nSPS) is 17.7. The lowest BCUT2D eigenvalue weighted by molar-refractivity contribution is -0.132. The number of carbonyl (C=O) groups excluding carboxylic acids is 2. The standard InChI is InChI=1S/C28H26N2O7/c1-29(2)18-7-9-19(10-8-18)30-25(16-5-11-20(34-3)22(13-16)35-4)24(27(32)28(30)33)26(31)17-6-12-21-23(14-17)37-15-36-21/h5-14,25,31H,15H2,1-4H3/b26-24+. The number of anilines is 2. The summed E-state index contributed by atoms with van der Waals surface area (Å²) in [7, 11) is 6.85. The van der Waals surface area contributed by atoms with Gasteiger partial charge >= 0.3 is 0 Å². The fraction of sp³-hybridized carbons (Fsp3) is 0.214. The largest absolute Gasteiger partial charge is 0.507 e. The highest BCUT2D eigenvalue weighted by Gasteiger charge is 2.47. The van der Waals surface area contributed by atoms with Crippen LogP contribution in [-0.2, 0) is 9.59 Å². The predicted molar refractivity (Wildman–Crippen MR) is 138 cm³/mol. The van der Waals surface area contributed by atoms with E-state index in [-0.39, 0.29) is 18.1 Å². The number of methoxy groups -OCH3 is 2. The molecule has 0 aliphatic carbocycles. The molecule has 0 aromatic heterocycles. The molecule has 1 fully saturated rings. The number of amides is 1. The molecule has 1 saturated heterocycles. The van der Waals surface area contributed by atoms with Gasteiger partial charge in [-0.15, -0.1) is 0 Å². The number of aliphatic hydroxyl groups is 1. The van der Waals surface area contributed by atoms with Gasteiger partial charge in [0, 0.05) is 31.0 Å². The Morgan fingerprint density at radius 1 is 0.919 bits per heavy atom. The number of benzene rings is 3. The molecule has 5 rings (SSSR count). The average molecular weight is 503 g/mol. The van der Waals surface area contributed by atoms with E-state index in [1.807, 2.05) is 31.1 Å². The van der Waals surface area contributed by atoms with E-state index in [1.165, 1.54) is 19.1 Å². The van der Waals surface area contributed by atoms with Gasteiger partial charge in [-0.1, -0.05) is 6.07 Å². The average Bonchev–Trinajstić information content (AvgIpc) is 3.49. The Morgan fingerprint density at radius 2 is 1.62 bits per heavy atom. The number of fused-ring (bicyclic) bond motifs is 1. The maximum absolute atomic E-state index is 13.4. The van der Waals surface area contributed by atoms with Crippen molar-refractivity contribution in [2.45, 2.75) is 6.04 Å². The van der Waals surface area contributed by atoms with E-state index in [4.69, 9.17) is 18.9 Å². The Bertz CT molecular complexity index is 1410. The smallest absolute Gasteiger partial charge is 0.300 e. The van der Waals surface area contributed by atoms with Crippen molar-refractivity contribution in [1.82, 2.24) is 0 Å². The molecule has 2 aliphatic rings. The highest BCUT2D eigenvalue weighted by Crippen LogP contribution is 2.45. The van der Waals surface area contributed by atoms with Gasteiger partial charge in [-0.25, -0.2) is 0 Å². The van der Waals surface area contributed by atoms with Gasteiger partial charge in [0.25, 0.3) is 11.7 Å². The van der Waals surface area contributed by atoms with E-state index in [0.717, 1.165) is 5.69 Å². The van der Waals surface area contributed by atoms with Crippen LogP contribution in [0.5, 0.6) is 23.0 Å². The summed E-state index contributed by atoms with van der Waals surface area (Å²) in [5, 5.41) is 11.4. The first-order chi connectivity index (χ1) is 17.8. The Kier molecular flexibility index (Phi) is 6.12. The quantitative estimate of drug-likeness (QED) is 0.305. The first-order valence-electron chi connectivity index (χ1n) is 11.5. The fourth-order valence-corrected chi connectivity index (χ4v) is 4.55. The second kappa shape index (κ2) is 9.42. The molecule has 0 spiro atoms. The fourth-order valence-electron chi connectivity index (χ4n) is 4.55. The van der Waals surface area contributed by atoms with Gasteiger partial charge in [-0.3, -0.25) is 14.5 Å². The molecule has 1 atom stereocenters. The molecule has 3 aromatic carbocycles. The summed E-state index contributed by atoms with van der Waals surface area (Å²) in [6.45, 7) is 0.0680. The SMILES string of the molecule is COc1ccc(C2/C(=C(\O)c3ccc4c(c3)OCO4)C(=O)C(=O)N2c2ccc(N(C)C)cc2)cc1OC. The number of carbonyl (C=O) groups is 2. The van der Waals surface area contributed by atoms with Crippen LogP contribution in [-0.4, -0.2) is 51.9 Å². The second-order valence-electron chi connectivity index (χ2n) is 8.76. The van der Waals surface area contributed by atoms with Crippen molar-refractivity contribution in [3.8, 4) is 23.0 Å². The molecule has 0 saturated carbocycles. The first kappa shape index (κ1) is 24.1. The maximum Gasteiger partial charge on any atom is 0.300 e. The molecule has 1 unspecified atom stereocenters. The number of ether oxygens (including phenoxy) is 4.